The lowest BCUT2D eigenvalue weighted by atomic mass is 10.0. The van der Waals surface area contributed by atoms with Crippen LogP contribution in [0.4, 0.5) is 32.2 Å². The summed E-state index contributed by atoms with van der Waals surface area (Å²) < 4.78 is 63.5. The second-order valence-electron chi connectivity index (χ2n) is 7.71. The number of likely N-dealkylation sites (tertiary alicyclic amines) is 1. The average molecular weight is 516 g/mol. The molecule has 1 saturated heterocycles. The fourth-order valence-electron chi connectivity index (χ4n) is 3.16. The number of amides is 1. The van der Waals surface area contributed by atoms with Gasteiger partial charge in [-0.25, -0.2) is 14.6 Å². The first-order valence-electron chi connectivity index (χ1n) is 10.4. The number of anilines is 1. The molecule has 0 bridgehead atoms. The van der Waals surface area contributed by atoms with Crippen molar-refractivity contribution in [3.63, 3.8) is 0 Å². The largest absolute Gasteiger partial charge is 0.490 e. The first kappa shape index (κ1) is 29.9. The maximum absolute atomic E-state index is 12.8. The van der Waals surface area contributed by atoms with Crippen molar-refractivity contribution in [3.05, 3.63) is 22.9 Å². The summed E-state index contributed by atoms with van der Waals surface area (Å²) in [5.74, 6) is -4.56. The number of hydrogen-bond donors (Lipinski definition) is 3. The Hall–Kier alpha value is -3.10. The molecule has 1 amide bonds. The summed E-state index contributed by atoms with van der Waals surface area (Å²) in [6, 6.07) is 2.09. The van der Waals surface area contributed by atoms with E-state index in [4.69, 9.17) is 24.8 Å². The number of pyridine rings is 1. The molecule has 2 aliphatic heterocycles. The third-order valence-electron chi connectivity index (χ3n) is 4.81. The molecular formula is C20H26F6N4O5. The van der Waals surface area contributed by atoms with Gasteiger partial charge in [0.25, 0.3) is 5.91 Å². The monoisotopic (exact) mass is 516 g/mol. The number of fused-ring (bicyclic) bond motifs is 1. The van der Waals surface area contributed by atoms with E-state index in [1.165, 1.54) is 5.56 Å². The van der Waals surface area contributed by atoms with Gasteiger partial charge in [0.15, 0.2) is 0 Å². The first-order valence-corrected chi connectivity index (χ1v) is 10.4. The van der Waals surface area contributed by atoms with Gasteiger partial charge in [0.05, 0.1) is 5.56 Å². The third kappa shape index (κ3) is 9.58. The molecule has 198 valence electrons. The molecule has 1 fully saturated rings. The molecule has 15 heteroatoms. The zero-order valence-electron chi connectivity index (χ0n) is 19.0. The number of aliphatic carboxylic acids is 2. The van der Waals surface area contributed by atoms with Gasteiger partial charge in [0.1, 0.15) is 5.82 Å². The van der Waals surface area contributed by atoms with Crippen LogP contribution in [0.3, 0.4) is 0 Å². The predicted molar refractivity (Wildman–Crippen MR) is 111 cm³/mol. The normalized spacial score (nSPS) is 15.5. The van der Waals surface area contributed by atoms with Crippen LogP contribution in [0.25, 0.3) is 0 Å². The van der Waals surface area contributed by atoms with E-state index in [2.05, 4.69) is 11.4 Å². The number of rotatable bonds is 2. The molecule has 0 saturated carbocycles. The van der Waals surface area contributed by atoms with E-state index in [9.17, 15) is 31.1 Å². The number of carbonyl (C=O) groups excluding carboxylic acids is 1. The van der Waals surface area contributed by atoms with Gasteiger partial charge < -0.3 is 25.3 Å². The first-order chi connectivity index (χ1) is 16.1. The predicted octanol–water partition coefficient (Wildman–Crippen LogP) is 2.34. The van der Waals surface area contributed by atoms with E-state index in [-0.39, 0.29) is 5.91 Å². The minimum Gasteiger partial charge on any atom is -0.475 e. The quantitative estimate of drug-likeness (QED) is 0.512. The highest BCUT2D eigenvalue weighted by Gasteiger charge is 2.38. The van der Waals surface area contributed by atoms with Crippen molar-refractivity contribution in [2.45, 2.75) is 38.0 Å². The highest BCUT2D eigenvalue weighted by molar-refractivity contribution is 5.99. The molecule has 1 aromatic rings. The van der Waals surface area contributed by atoms with E-state index in [0.29, 0.717) is 0 Å². The summed E-state index contributed by atoms with van der Waals surface area (Å²) in [5, 5.41) is 17.6. The topological polar surface area (TPSA) is 123 Å². The highest BCUT2D eigenvalue weighted by Crippen LogP contribution is 2.25. The SMILES string of the molecule is CN(C)c1nc2c(cc1C(=O)N1CCCC1)CCNCC2.O=C(O)C(F)(F)F.O=C(O)C(F)(F)F. The molecule has 3 N–H and O–H groups in total. The van der Waals surface area contributed by atoms with Crippen molar-refractivity contribution in [3.8, 4) is 0 Å². The number of nitrogens with one attached hydrogen (secondary N) is 1. The van der Waals surface area contributed by atoms with Gasteiger partial charge in [0, 0.05) is 45.8 Å². The van der Waals surface area contributed by atoms with Crippen LogP contribution in [-0.2, 0) is 22.4 Å². The maximum atomic E-state index is 12.8. The van der Waals surface area contributed by atoms with Crippen molar-refractivity contribution in [1.29, 1.82) is 0 Å². The van der Waals surface area contributed by atoms with Crippen molar-refractivity contribution in [2.24, 2.45) is 0 Å². The number of carboxylic acid groups (broad SMARTS) is 2. The third-order valence-corrected chi connectivity index (χ3v) is 4.81. The van der Waals surface area contributed by atoms with E-state index < -0.39 is 24.3 Å². The van der Waals surface area contributed by atoms with Crippen LogP contribution in [0.5, 0.6) is 0 Å². The Labute approximate surface area is 196 Å². The fourth-order valence-corrected chi connectivity index (χ4v) is 3.16. The summed E-state index contributed by atoms with van der Waals surface area (Å²) in [4.78, 5) is 39.3. The molecule has 2 aliphatic rings. The highest BCUT2D eigenvalue weighted by atomic mass is 19.4. The lowest BCUT2D eigenvalue weighted by Gasteiger charge is -2.22. The summed E-state index contributed by atoms with van der Waals surface area (Å²) >= 11 is 0. The van der Waals surface area contributed by atoms with E-state index >= 15 is 0 Å². The maximum Gasteiger partial charge on any atom is 0.490 e. The fraction of sp³-hybridized carbons (Fsp3) is 0.600. The van der Waals surface area contributed by atoms with Crippen LogP contribution in [-0.4, -0.2) is 90.6 Å². The molecule has 1 aromatic heterocycles. The van der Waals surface area contributed by atoms with Gasteiger partial charge >= 0.3 is 24.3 Å². The Morgan fingerprint density at radius 2 is 1.40 bits per heavy atom. The van der Waals surface area contributed by atoms with E-state index in [1.54, 1.807) is 0 Å². The molecule has 0 aliphatic carbocycles. The van der Waals surface area contributed by atoms with Crippen LogP contribution in [0, 0.1) is 0 Å². The molecule has 3 rings (SSSR count). The molecule has 0 spiro atoms. The number of halogens is 6. The van der Waals surface area contributed by atoms with Gasteiger partial charge in [-0.05, 0) is 37.4 Å². The van der Waals surface area contributed by atoms with Crippen molar-refractivity contribution >= 4 is 23.7 Å². The summed E-state index contributed by atoms with van der Waals surface area (Å²) in [5.41, 5.74) is 3.14. The van der Waals surface area contributed by atoms with E-state index in [0.717, 1.165) is 68.9 Å². The Kier molecular flexibility index (Phi) is 10.7. The number of hydrogen-bond acceptors (Lipinski definition) is 6. The van der Waals surface area contributed by atoms with Gasteiger partial charge in [-0.1, -0.05) is 0 Å². The van der Waals surface area contributed by atoms with Crippen LogP contribution < -0.4 is 10.2 Å². The second kappa shape index (κ2) is 12.6. The molecule has 0 unspecified atom stereocenters. The van der Waals surface area contributed by atoms with Crippen molar-refractivity contribution < 1.29 is 50.9 Å². The summed E-state index contributed by atoms with van der Waals surface area (Å²) in [6.45, 7) is 3.69. The lowest BCUT2D eigenvalue weighted by molar-refractivity contribution is -0.193. The molecule has 0 atom stereocenters. The van der Waals surface area contributed by atoms with Crippen LogP contribution in [0.2, 0.25) is 0 Å². The number of alkyl halides is 6. The zero-order valence-corrected chi connectivity index (χ0v) is 19.0. The minimum absolute atomic E-state index is 0.142. The molecule has 0 radical (unpaired) electrons. The summed E-state index contributed by atoms with van der Waals surface area (Å²) in [7, 11) is 3.93. The number of aromatic nitrogens is 1. The lowest BCUT2D eigenvalue weighted by Crippen LogP contribution is -2.30. The zero-order chi connectivity index (χ0) is 27.0. The molecule has 3 heterocycles. The van der Waals surface area contributed by atoms with E-state index in [1.807, 2.05) is 23.9 Å². The number of nitrogens with zero attached hydrogens (tertiary/aromatic N) is 3. The number of carbonyl (C=O) groups is 3. The molecule has 35 heavy (non-hydrogen) atoms. The summed E-state index contributed by atoms with van der Waals surface area (Å²) in [6.07, 6.45) is -6.04. The molecule has 9 nitrogen and oxygen atoms in total. The standard InChI is InChI=1S/C16H24N4O.2C2HF3O2/c1-19(2)15-13(16(21)20-9-3-4-10-20)11-12-5-7-17-8-6-14(12)18-15;2*3-2(4,5)1(6)7/h11,17H,3-10H2,1-2H3;2*(H,6,7). The van der Waals surface area contributed by atoms with Crippen molar-refractivity contribution in [2.75, 3.05) is 45.2 Å². The van der Waals surface area contributed by atoms with Gasteiger partial charge in [0.2, 0.25) is 0 Å². The Morgan fingerprint density at radius 1 is 0.943 bits per heavy atom. The Morgan fingerprint density at radius 3 is 1.83 bits per heavy atom. The van der Waals surface area contributed by atoms with Crippen LogP contribution in [0.15, 0.2) is 6.07 Å². The van der Waals surface area contributed by atoms with Gasteiger partial charge in [-0.15, -0.1) is 0 Å². The average Bonchev–Trinajstić information content (AvgIpc) is 3.17. The molecule has 0 aromatic carbocycles. The van der Waals surface area contributed by atoms with Crippen LogP contribution in [0.1, 0.15) is 34.5 Å². The Bertz CT molecular complexity index is 875. The van der Waals surface area contributed by atoms with Gasteiger partial charge in [-0.3, -0.25) is 4.79 Å². The smallest absolute Gasteiger partial charge is 0.475 e. The van der Waals surface area contributed by atoms with Crippen LogP contribution >= 0.6 is 0 Å². The number of carboxylic acids is 2. The van der Waals surface area contributed by atoms with Crippen molar-refractivity contribution in [1.82, 2.24) is 15.2 Å². The molecular weight excluding hydrogens is 490 g/mol. The Balaban J connectivity index is 0.000000362. The van der Waals surface area contributed by atoms with Gasteiger partial charge in [-0.2, -0.15) is 26.3 Å². The second-order valence-corrected chi connectivity index (χ2v) is 7.71. The minimum atomic E-state index is -5.08.